The van der Waals surface area contributed by atoms with Gasteiger partial charge in [0, 0.05) is 16.5 Å². The fourth-order valence-corrected chi connectivity index (χ4v) is 2.33. The summed E-state index contributed by atoms with van der Waals surface area (Å²) in [6, 6.07) is 3.41. The number of fused-ring (bicyclic) bond motifs is 1. The van der Waals surface area contributed by atoms with Gasteiger partial charge in [-0.2, -0.15) is 0 Å². The van der Waals surface area contributed by atoms with Gasteiger partial charge in [-0.15, -0.1) is 0 Å². The van der Waals surface area contributed by atoms with Crippen LogP contribution in [0.3, 0.4) is 0 Å². The number of hydrogen-bond acceptors (Lipinski definition) is 3. The summed E-state index contributed by atoms with van der Waals surface area (Å²) in [5.41, 5.74) is 0.878. The first-order valence-electron chi connectivity index (χ1n) is 4.80. The van der Waals surface area contributed by atoms with Crippen LogP contribution in [0.1, 0.15) is 17.9 Å². The Bertz CT molecular complexity index is 431. The quantitative estimate of drug-likeness (QED) is 0.767. The second-order valence-electron chi connectivity index (χ2n) is 3.59. The van der Waals surface area contributed by atoms with Crippen LogP contribution >= 0.6 is 23.2 Å². The van der Waals surface area contributed by atoms with Crippen LogP contribution in [0.15, 0.2) is 12.1 Å². The molecule has 86 valence electrons. The summed E-state index contributed by atoms with van der Waals surface area (Å²) < 4.78 is 10.1. The van der Waals surface area contributed by atoms with Crippen LogP contribution in [-0.4, -0.2) is 19.7 Å². The van der Waals surface area contributed by atoms with Crippen molar-refractivity contribution in [2.75, 3.05) is 13.7 Å². The largest absolute Gasteiger partial charge is 0.491 e. The number of carbonyl (C=O) groups excluding carboxylic acids is 1. The van der Waals surface area contributed by atoms with Gasteiger partial charge in [0.1, 0.15) is 5.75 Å². The van der Waals surface area contributed by atoms with Gasteiger partial charge in [0.15, 0.2) is 0 Å². The maximum Gasteiger partial charge on any atom is 0.306 e. The van der Waals surface area contributed by atoms with E-state index in [2.05, 4.69) is 4.74 Å². The molecule has 0 aliphatic carbocycles. The van der Waals surface area contributed by atoms with Crippen molar-refractivity contribution in [2.24, 2.45) is 0 Å². The number of halogens is 2. The topological polar surface area (TPSA) is 35.5 Å². The highest BCUT2D eigenvalue weighted by molar-refractivity contribution is 6.35. The molecule has 0 radical (unpaired) electrons. The summed E-state index contributed by atoms with van der Waals surface area (Å²) in [7, 11) is 1.37. The second-order valence-corrected chi connectivity index (χ2v) is 4.44. The van der Waals surface area contributed by atoms with Crippen molar-refractivity contribution in [1.29, 1.82) is 0 Å². The van der Waals surface area contributed by atoms with Gasteiger partial charge >= 0.3 is 5.97 Å². The summed E-state index contributed by atoms with van der Waals surface area (Å²) in [6.45, 7) is 0.435. The Morgan fingerprint density at radius 3 is 3.00 bits per heavy atom. The molecule has 1 aromatic carbocycles. The third-order valence-electron chi connectivity index (χ3n) is 2.55. The van der Waals surface area contributed by atoms with Gasteiger partial charge in [-0.05, 0) is 12.1 Å². The highest BCUT2D eigenvalue weighted by Gasteiger charge is 2.29. The van der Waals surface area contributed by atoms with Crippen LogP contribution < -0.4 is 4.74 Å². The van der Waals surface area contributed by atoms with E-state index in [4.69, 9.17) is 27.9 Å². The van der Waals surface area contributed by atoms with Crippen molar-refractivity contribution < 1.29 is 14.3 Å². The number of esters is 1. The zero-order valence-corrected chi connectivity index (χ0v) is 10.1. The van der Waals surface area contributed by atoms with Gasteiger partial charge in [0.2, 0.25) is 0 Å². The van der Waals surface area contributed by atoms with Crippen LogP contribution in [0.2, 0.25) is 10.0 Å². The van der Waals surface area contributed by atoms with Gasteiger partial charge in [-0.3, -0.25) is 4.79 Å². The second kappa shape index (κ2) is 4.52. The summed E-state index contributed by atoms with van der Waals surface area (Å²) in [5, 5.41) is 1.03. The zero-order valence-electron chi connectivity index (χ0n) is 8.63. The Morgan fingerprint density at radius 2 is 2.31 bits per heavy atom. The molecule has 1 atom stereocenters. The van der Waals surface area contributed by atoms with E-state index in [0.29, 0.717) is 22.4 Å². The Kier molecular flexibility index (Phi) is 3.26. The minimum absolute atomic E-state index is 0.0290. The van der Waals surface area contributed by atoms with E-state index in [1.807, 2.05) is 0 Å². The Labute approximate surface area is 103 Å². The fourth-order valence-electron chi connectivity index (χ4n) is 1.76. The Morgan fingerprint density at radius 1 is 1.56 bits per heavy atom. The average molecular weight is 261 g/mol. The van der Waals surface area contributed by atoms with Gasteiger partial charge in [0.25, 0.3) is 0 Å². The number of rotatable bonds is 2. The van der Waals surface area contributed by atoms with Crippen LogP contribution in [0.4, 0.5) is 0 Å². The number of methoxy groups -OCH3 is 1. The molecule has 1 aliphatic heterocycles. The number of ether oxygens (including phenoxy) is 2. The average Bonchev–Trinajstić information content (AvgIpc) is 2.61. The molecule has 1 aromatic rings. The van der Waals surface area contributed by atoms with Crippen molar-refractivity contribution >= 4 is 29.2 Å². The van der Waals surface area contributed by atoms with Crippen LogP contribution in [0.25, 0.3) is 0 Å². The predicted octanol–water partition coefficient (Wildman–Crippen LogP) is 3.03. The van der Waals surface area contributed by atoms with Crippen molar-refractivity contribution in [3.8, 4) is 5.75 Å². The molecule has 0 N–H and O–H groups in total. The lowest BCUT2D eigenvalue weighted by Crippen LogP contribution is -2.09. The molecular formula is C11H10Cl2O3. The molecule has 0 fully saturated rings. The van der Waals surface area contributed by atoms with Crippen molar-refractivity contribution in [3.63, 3.8) is 0 Å². The molecule has 3 nitrogen and oxygen atoms in total. The van der Waals surface area contributed by atoms with E-state index in [1.54, 1.807) is 12.1 Å². The van der Waals surface area contributed by atoms with Crippen LogP contribution in [0, 0.1) is 0 Å². The van der Waals surface area contributed by atoms with E-state index in [1.165, 1.54) is 7.11 Å². The highest BCUT2D eigenvalue weighted by atomic mass is 35.5. The van der Waals surface area contributed by atoms with E-state index < -0.39 is 0 Å². The summed E-state index contributed by atoms with van der Waals surface area (Å²) in [4.78, 5) is 11.2. The molecule has 0 amide bonds. The lowest BCUT2D eigenvalue weighted by Gasteiger charge is -2.07. The van der Waals surface area contributed by atoms with E-state index in [9.17, 15) is 4.79 Å². The molecule has 1 unspecified atom stereocenters. The van der Waals surface area contributed by atoms with Crippen LogP contribution in [0.5, 0.6) is 5.75 Å². The molecule has 0 saturated carbocycles. The first-order chi connectivity index (χ1) is 7.61. The zero-order chi connectivity index (χ0) is 11.7. The summed E-state index contributed by atoms with van der Waals surface area (Å²) in [6.07, 6.45) is 0.278. The molecule has 0 spiro atoms. The first-order valence-corrected chi connectivity index (χ1v) is 5.56. The van der Waals surface area contributed by atoms with Crippen LogP contribution in [-0.2, 0) is 9.53 Å². The molecule has 0 bridgehead atoms. The predicted molar refractivity (Wildman–Crippen MR) is 61.3 cm³/mol. The monoisotopic (exact) mass is 260 g/mol. The summed E-state index contributed by atoms with van der Waals surface area (Å²) in [5.74, 6) is 0.330. The summed E-state index contributed by atoms with van der Waals surface area (Å²) >= 11 is 11.9. The maximum atomic E-state index is 11.2. The molecule has 0 saturated heterocycles. The molecular weight excluding hydrogens is 251 g/mol. The lowest BCUT2D eigenvalue weighted by atomic mass is 9.98. The lowest BCUT2D eigenvalue weighted by molar-refractivity contribution is -0.141. The fraction of sp³-hybridized carbons (Fsp3) is 0.364. The Balaban J connectivity index is 2.28. The third-order valence-corrected chi connectivity index (χ3v) is 3.05. The van der Waals surface area contributed by atoms with E-state index in [0.717, 1.165) is 5.56 Å². The standard InChI is InChI=1S/C11H10Cl2O3/c1-15-10(14)2-6-5-16-11-8(6)3-7(12)4-9(11)13/h3-4,6H,2,5H2,1H3. The van der Waals surface area contributed by atoms with Crippen molar-refractivity contribution in [2.45, 2.75) is 12.3 Å². The minimum Gasteiger partial charge on any atom is -0.491 e. The smallest absolute Gasteiger partial charge is 0.306 e. The molecule has 2 rings (SSSR count). The molecule has 0 aromatic heterocycles. The first kappa shape index (κ1) is 11.6. The van der Waals surface area contributed by atoms with E-state index >= 15 is 0 Å². The van der Waals surface area contributed by atoms with Gasteiger partial charge in [0.05, 0.1) is 25.2 Å². The van der Waals surface area contributed by atoms with Gasteiger partial charge in [-0.1, -0.05) is 23.2 Å². The number of hydrogen-bond donors (Lipinski definition) is 0. The van der Waals surface area contributed by atoms with Gasteiger partial charge in [-0.25, -0.2) is 0 Å². The minimum atomic E-state index is -0.266. The van der Waals surface area contributed by atoms with Gasteiger partial charge < -0.3 is 9.47 Å². The SMILES string of the molecule is COC(=O)CC1COc2c(Cl)cc(Cl)cc21. The molecule has 1 heterocycles. The van der Waals surface area contributed by atoms with Crippen molar-refractivity contribution in [3.05, 3.63) is 27.7 Å². The van der Waals surface area contributed by atoms with E-state index in [-0.39, 0.29) is 18.3 Å². The highest BCUT2D eigenvalue weighted by Crippen LogP contribution is 2.42. The normalized spacial score (nSPS) is 17.8. The Hall–Kier alpha value is -0.930. The third kappa shape index (κ3) is 2.11. The molecule has 5 heteroatoms. The number of carbonyl (C=O) groups is 1. The molecule has 16 heavy (non-hydrogen) atoms. The van der Waals surface area contributed by atoms with Crippen molar-refractivity contribution in [1.82, 2.24) is 0 Å². The molecule has 1 aliphatic rings. The maximum absolute atomic E-state index is 11.2. The number of benzene rings is 1.